The molecule has 2 atom stereocenters. The second-order valence-electron chi connectivity index (χ2n) is 4.22. The smallest absolute Gasteiger partial charge is 0.122 e. The minimum atomic E-state index is 0.103. The van der Waals surface area contributed by atoms with E-state index in [9.17, 15) is 0 Å². The number of nitrogens with zero attached hydrogens (tertiary/aromatic N) is 1. The highest BCUT2D eigenvalue weighted by Crippen LogP contribution is 2.34. The zero-order valence-corrected chi connectivity index (χ0v) is 8.81. The molecule has 0 aromatic carbocycles. The van der Waals surface area contributed by atoms with E-state index in [0.717, 1.165) is 5.76 Å². The maximum absolute atomic E-state index is 5.99. The molecular weight excluding hydrogens is 176 g/mol. The van der Waals surface area contributed by atoms with Crippen molar-refractivity contribution in [3.05, 3.63) is 24.2 Å². The summed E-state index contributed by atoms with van der Waals surface area (Å²) >= 11 is 0. The fourth-order valence-corrected chi connectivity index (χ4v) is 2.00. The number of furan rings is 1. The summed E-state index contributed by atoms with van der Waals surface area (Å²) in [6, 6.07) is 4.96. The van der Waals surface area contributed by atoms with Gasteiger partial charge in [0, 0.05) is 12.1 Å². The molecule has 0 aliphatic heterocycles. The van der Waals surface area contributed by atoms with Gasteiger partial charge < -0.3 is 10.2 Å². The van der Waals surface area contributed by atoms with Gasteiger partial charge in [-0.25, -0.2) is 0 Å². The second-order valence-corrected chi connectivity index (χ2v) is 4.22. The summed E-state index contributed by atoms with van der Waals surface area (Å²) in [5.41, 5.74) is 5.99. The molecule has 1 aliphatic carbocycles. The molecule has 0 spiro atoms. The molecule has 0 radical (unpaired) electrons. The van der Waals surface area contributed by atoms with E-state index >= 15 is 0 Å². The van der Waals surface area contributed by atoms with Crippen LogP contribution in [0, 0.1) is 0 Å². The van der Waals surface area contributed by atoms with E-state index in [2.05, 4.69) is 11.9 Å². The first-order chi connectivity index (χ1) is 6.70. The Morgan fingerprint density at radius 2 is 2.29 bits per heavy atom. The number of hydrogen-bond acceptors (Lipinski definition) is 3. The molecule has 0 bridgehead atoms. The van der Waals surface area contributed by atoms with Crippen LogP contribution in [0.25, 0.3) is 0 Å². The highest BCUT2D eigenvalue weighted by atomic mass is 16.3. The predicted molar refractivity (Wildman–Crippen MR) is 55.9 cm³/mol. The van der Waals surface area contributed by atoms with E-state index in [1.165, 1.54) is 12.8 Å². The predicted octanol–water partition coefficient (Wildman–Crippen LogP) is 1.76. The van der Waals surface area contributed by atoms with Crippen molar-refractivity contribution >= 4 is 0 Å². The number of hydrogen-bond donors (Lipinski definition) is 1. The lowest BCUT2D eigenvalue weighted by atomic mass is 10.1. The van der Waals surface area contributed by atoms with Crippen molar-refractivity contribution in [3.8, 4) is 0 Å². The Morgan fingerprint density at radius 3 is 2.71 bits per heavy atom. The monoisotopic (exact) mass is 194 g/mol. The molecule has 78 valence electrons. The molecule has 0 saturated heterocycles. The van der Waals surface area contributed by atoms with Crippen LogP contribution in [-0.2, 0) is 0 Å². The molecule has 14 heavy (non-hydrogen) atoms. The van der Waals surface area contributed by atoms with Gasteiger partial charge in [0.25, 0.3) is 0 Å². The van der Waals surface area contributed by atoms with Crippen LogP contribution in [0.4, 0.5) is 0 Å². The first-order valence-electron chi connectivity index (χ1n) is 5.21. The van der Waals surface area contributed by atoms with Gasteiger partial charge in [-0.3, -0.25) is 4.90 Å². The van der Waals surface area contributed by atoms with Crippen molar-refractivity contribution in [2.45, 2.75) is 37.9 Å². The Balaban J connectivity index is 2.14. The van der Waals surface area contributed by atoms with Crippen LogP contribution in [-0.4, -0.2) is 24.0 Å². The molecular formula is C11H18N2O. The quantitative estimate of drug-likeness (QED) is 0.794. The zero-order valence-electron chi connectivity index (χ0n) is 8.81. The zero-order chi connectivity index (χ0) is 10.1. The average molecular weight is 194 g/mol. The summed E-state index contributed by atoms with van der Waals surface area (Å²) in [6.07, 6.45) is 4.30. The topological polar surface area (TPSA) is 42.4 Å². The third kappa shape index (κ3) is 1.83. The Labute approximate surface area is 84.9 Å². The summed E-state index contributed by atoms with van der Waals surface area (Å²) in [5.74, 6) is 0.981. The molecule has 1 aliphatic rings. The standard InChI is InChI=1S/C11H18N2O/c1-8(12)11(10-4-3-7-14-10)13(2)9-5-6-9/h3-4,7-9,11H,5-6,12H2,1-2H3. The van der Waals surface area contributed by atoms with Gasteiger partial charge in [0.15, 0.2) is 0 Å². The summed E-state index contributed by atoms with van der Waals surface area (Å²) < 4.78 is 5.43. The van der Waals surface area contributed by atoms with E-state index in [0.29, 0.717) is 6.04 Å². The molecule has 1 saturated carbocycles. The van der Waals surface area contributed by atoms with Crippen molar-refractivity contribution in [3.63, 3.8) is 0 Å². The first-order valence-corrected chi connectivity index (χ1v) is 5.21. The Hall–Kier alpha value is -0.800. The van der Waals surface area contributed by atoms with E-state index in [4.69, 9.17) is 10.2 Å². The lowest BCUT2D eigenvalue weighted by Crippen LogP contribution is -2.38. The molecule has 2 N–H and O–H groups in total. The van der Waals surface area contributed by atoms with Gasteiger partial charge in [-0.05, 0) is 38.9 Å². The van der Waals surface area contributed by atoms with Crippen molar-refractivity contribution in [2.75, 3.05) is 7.05 Å². The Kier molecular flexibility index (Phi) is 2.61. The van der Waals surface area contributed by atoms with Crippen molar-refractivity contribution < 1.29 is 4.42 Å². The normalized spacial score (nSPS) is 21.1. The fourth-order valence-electron chi connectivity index (χ4n) is 2.00. The van der Waals surface area contributed by atoms with Gasteiger partial charge in [-0.1, -0.05) is 0 Å². The van der Waals surface area contributed by atoms with E-state index in [1.54, 1.807) is 6.26 Å². The van der Waals surface area contributed by atoms with Crippen LogP contribution in [0.5, 0.6) is 0 Å². The van der Waals surface area contributed by atoms with Gasteiger partial charge in [-0.15, -0.1) is 0 Å². The molecule has 0 amide bonds. The minimum absolute atomic E-state index is 0.103. The van der Waals surface area contributed by atoms with E-state index in [-0.39, 0.29) is 12.1 Å². The van der Waals surface area contributed by atoms with Gasteiger partial charge in [0.05, 0.1) is 12.3 Å². The number of nitrogens with two attached hydrogens (primary N) is 1. The summed E-state index contributed by atoms with van der Waals surface area (Å²) in [7, 11) is 2.13. The number of likely N-dealkylation sites (N-methyl/N-ethyl adjacent to an activating group) is 1. The first kappa shape index (κ1) is 9.74. The van der Waals surface area contributed by atoms with Gasteiger partial charge >= 0.3 is 0 Å². The van der Waals surface area contributed by atoms with Crippen LogP contribution in [0.15, 0.2) is 22.8 Å². The highest BCUT2D eigenvalue weighted by Gasteiger charge is 2.34. The molecule has 1 heterocycles. The maximum Gasteiger partial charge on any atom is 0.122 e. The van der Waals surface area contributed by atoms with Crippen LogP contribution in [0.3, 0.4) is 0 Å². The molecule has 3 nitrogen and oxygen atoms in total. The van der Waals surface area contributed by atoms with Gasteiger partial charge in [0.1, 0.15) is 5.76 Å². The maximum atomic E-state index is 5.99. The minimum Gasteiger partial charge on any atom is -0.468 e. The van der Waals surface area contributed by atoms with Gasteiger partial charge in [-0.2, -0.15) is 0 Å². The molecule has 1 aromatic heterocycles. The largest absolute Gasteiger partial charge is 0.468 e. The Morgan fingerprint density at radius 1 is 1.57 bits per heavy atom. The average Bonchev–Trinajstić information content (AvgIpc) is 2.85. The van der Waals surface area contributed by atoms with Crippen LogP contribution in [0.2, 0.25) is 0 Å². The van der Waals surface area contributed by atoms with Crippen LogP contribution >= 0.6 is 0 Å². The molecule has 1 aromatic rings. The third-order valence-electron chi connectivity index (χ3n) is 2.89. The SMILES string of the molecule is CC(N)C(c1ccco1)N(C)C1CC1. The van der Waals surface area contributed by atoms with Gasteiger partial charge in [0.2, 0.25) is 0 Å². The molecule has 1 fully saturated rings. The van der Waals surface area contributed by atoms with E-state index < -0.39 is 0 Å². The fraction of sp³-hybridized carbons (Fsp3) is 0.636. The summed E-state index contributed by atoms with van der Waals surface area (Å²) in [6.45, 7) is 2.03. The van der Waals surface area contributed by atoms with Crippen molar-refractivity contribution in [2.24, 2.45) is 5.73 Å². The lowest BCUT2D eigenvalue weighted by molar-refractivity contribution is 0.183. The second kappa shape index (κ2) is 3.75. The lowest BCUT2D eigenvalue weighted by Gasteiger charge is -2.29. The van der Waals surface area contributed by atoms with E-state index in [1.807, 2.05) is 19.1 Å². The number of rotatable bonds is 4. The summed E-state index contributed by atoms with van der Waals surface area (Å²) in [4.78, 5) is 2.34. The molecule has 2 unspecified atom stereocenters. The third-order valence-corrected chi connectivity index (χ3v) is 2.89. The molecule has 3 heteroatoms. The summed E-state index contributed by atoms with van der Waals surface area (Å²) in [5, 5.41) is 0. The Bertz CT molecular complexity index is 277. The van der Waals surface area contributed by atoms with Crippen LogP contribution in [0.1, 0.15) is 31.6 Å². The van der Waals surface area contributed by atoms with Crippen molar-refractivity contribution in [1.29, 1.82) is 0 Å². The molecule has 2 rings (SSSR count). The highest BCUT2D eigenvalue weighted by molar-refractivity contribution is 5.08. The van der Waals surface area contributed by atoms with Crippen LogP contribution < -0.4 is 5.73 Å². The van der Waals surface area contributed by atoms with Crippen molar-refractivity contribution in [1.82, 2.24) is 4.90 Å².